The highest BCUT2D eigenvalue weighted by Gasteiger charge is 2.06. The van der Waals surface area contributed by atoms with Crippen LogP contribution in [0.15, 0.2) is 36.7 Å². The van der Waals surface area contributed by atoms with E-state index in [1.807, 2.05) is 6.92 Å². The third-order valence-electron chi connectivity index (χ3n) is 2.90. The fourth-order valence-corrected chi connectivity index (χ4v) is 1.73. The first kappa shape index (κ1) is 14.1. The number of nitrogens with one attached hydrogen (secondary N) is 1. The Kier molecular flexibility index (Phi) is 4.76. The molecule has 0 bridgehead atoms. The Morgan fingerprint density at radius 1 is 1.20 bits per heavy atom. The van der Waals surface area contributed by atoms with Gasteiger partial charge in [0.15, 0.2) is 0 Å². The van der Waals surface area contributed by atoms with Crippen molar-refractivity contribution >= 4 is 5.91 Å². The maximum absolute atomic E-state index is 12.7. The van der Waals surface area contributed by atoms with Crippen LogP contribution in [0.3, 0.4) is 0 Å². The summed E-state index contributed by atoms with van der Waals surface area (Å²) in [5.74, 6) is 0.258. The van der Waals surface area contributed by atoms with E-state index in [4.69, 9.17) is 0 Å². The molecular formula is C15H16FN3O. The average Bonchev–Trinajstić information content (AvgIpc) is 2.49. The first-order valence-corrected chi connectivity index (χ1v) is 6.52. The Balaban J connectivity index is 1.83. The number of nitrogens with zero attached hydrogens (tertiary/aromatic N) is 2. The highest BCUT2D eigenvalue weighted by molar-refractivity contribution is 5.93. The summed E-state index contributed by atoms with van der Waals surface area (Å²) in [5.41, 5.74) is 1.42. The number of hydrogen-bond acceptors (Lipinski definition) is 3. The highest BCUT2D eigenvalue weighted by atomic mass is 19.1. The molecule has 1 amide bonds. The number of carbonyl (C=O) groups excluding carboxylic acids is 1. The van der Waals surface area contributed by atoms with Crippen molar-refractivity contribution in [1.29, 1.82) is 0 Å². The van der Waals surface area contributed by atoms with Crippen molar-refractivity contribution in [3.8, 4) is 0 Å². The van der Waals surface area contributed by atoms with E-state index < -0.39 is 0 Å². The Bertz CT molecular complexity index is 567. The number of aromatic nitrogens is 2. The fourth-order valence-electron chi connectivity index (χ4n) is 1.73. The maximum atomic E-state index is 12.7. The average molecular weight is 273 g/mol. The monoisotopic (exact) mass is 273 g/mol. The molecule has 1 aromatic carbocycles. The van der Waals surface area contributed by atoms with Crippen molar-refractivity contribution in [3.63, 3.8) is 0 Å². The van der Waals surface area contributed by atoms with E-state index in [0.29, 0.717) is 24.4 Å². The van der Waals surface area contributed by atoms with Crippen molar-refractivity contribution in [2.75, 3.05) is 6.54 Å². The van der Waals surface area contributed by atoms with Gasteiger partial charge in [-0.25, -0.2) is 14.4 Å². The van der Waals surface area contributed by atoms with E-state index in [9.17, 15) is 9.18 Å². The van der Waals surface area contributed by atoms with Crippen LogP contribution in [0.25, 0.3) is 0 Å². The Hall–Kier alpha value is -2.30. The van der Waals surface area contributed by atoms with E-state index >= 15 is 0 Å². The number of aryl methyl sites for hydroxylation is 1. The second-order valence-corrected chi connectivity index (χ2v) is 4.37. The molecule has 0 spiro atoms. The zero-order valence-corrected chi connectivity index (χ0v) is 11.3. The van der Waals surface area contributed by atoms with E-state index in [0.717, 1.165) is 12.0 Å². The van der Waals surface area contributed by atoms with Crippen LogP contribution >= 0.6 is 0 Å². The first-order valence-electron chi connectivity index (χ1n) is 6.52. The van der Waals surface area contributed by atoms with Crippen LogP contribution in [0.4, 0.5) is 4.39 Å². The Morgan fingerprint density at radius 2 is 1.85 bits per heavy atom. The predicted molar refractivity (Wildman–Crippen MR) is 73.8 cm³/mol. The summed E-state index contributed by atoms with van der Waals surface area (Å²) in [7, 11) is 0. The molecule has 2 rings (SSSR count). The standard InChI is InChI=1S/C15H16FN3O/c1-2-14-18-9-12(10-19-14)15(20)17-8-7-11-3-5-13(16)6-4-11/h3-6,9-10H,2,7-8H2,1H3,(H,17,20). The zero-order chi connectivity index (χ0) is 14.4. The molecule has 1 N–H and O–H groups in total. The molecule has 0 atom stereocenters. The summed E-state index contributed by atoms with van der Waals surface area (Å²) in [6, 6.07) is 6.24. The van der Waals surface area contributed by atoms with E-state index in [1.54, 1.807) is 12.1 Å². The second kappa shape index (κ2) is 6.75. The highest BCUT2D eigenvalue weighted by Crippen LogP contribution is 2.03. The number of hydrogen-bond donors (Lipinski definition) is 1. The molecule has 0 aliphatic heterocycles. The van der Waals surface area contributed by atoms with Gasteiger partial charge in [-0.15, -0.1) is 0 Å². The molecule has 5 heteroatoms. The SMILES string of the molecule is CCc1ncc(C(=O)NCCc2ccc(F)cc2)cn1. The van der Waals surface area contributed by atoms with Gasteiger partial charge in [0.05, 0.1) is 5.56 Å². The zero-order valence-electron chi connectivity index (χ0n) is 11.3. The summed E-state index contributed by atoms with van der Waals surface area (Å²) in [6.45, 7) is 2.44. The quantitative estimate of drug-likeness (QED) is 0.908. The normalized spacial score (nSPS) is 10.3. The van der Waals surface area contributed by atoms with Gasteiger partial charge in [-0.05, 0) is 24.1 Å². The molecular weight excluding hydrogens is 257 g/mol. The van der Waals surface area contributed by atoms with E-state index in [2.05, 4.69) is 15.3 Å². The first-order chi connectivity index (χ1) is 9.69. The van der Waals surface area contributed by atoms with Crippen molar-refractivity contribution in [3.05, 3.63) is 59.4 Å². The van der Waals surface area contributed by atoms with Crippen LogP contribution in [-0.4, -0.2) is 22.4 Å². The molecule has 0 radical (unpaired) electrons. The molecule has 0 unspecified atom stereocenters. The molecule has 2 aromatic rings. The summed E-state index contributed by atoms with van der Waals surface area (Å²) in [6.07, 6.45) is 4.45. The van der Waals surface area contributed by atoms with E-state index in [1.165, 1.54) is 24.5 Å². The molecule has 1 heterocycles. The lowest BCUT2D eigenvalue weighted by Gasteiger charge is -2.05. The van der Waals surface area contributed by atoms with Gasteiger partial charge < -0.3 is 5.32 Å². The summed E-state index contributed by atoms with van der Waals surface area (Å²) in [5, 5.41) is 2.79. The third kappa shape index (κ3) is 3.85. The molecule has 0 saturated heterocycles. The van der Waals surface area contributed by atoms with Crippen LogP contribution in [-0.2, 0) is 12.8 Å². The van der Waals surface area contributed by atoms with Crippen molar-refractivity contribution in [1.82, 2.24) is 15.3 Å². The summed E-state index contributed by atoms with van der Waals surface area (Å²) in [4.78, 5) is 20.0. The number of benzene rings is 1. The van der Waals surface area contributed by atoms with Crippen LogP contribution in [0.2, 0.25) is 0 Å². The van der Waals surface area contributed by atoms with Gasteiger partial charge in [0, 0.05) is 25.4 Å². The van der Waals surface area contributed by atoms with Crippen LogP contribution < -0.4 is 5.32 Å². The van der Waals surface area contributed by atoms with Crippen molar-refractivity contribution in [2.24, 2.45) is 0 Å². The van der Waals surface area contributed by atoms with Gasteiger partial charge in [-0.2, -0.15) is 0 Å². The molecule has 0 aliphatic carbocycles. The summed E-state index contributed by atoms with van der Waals surface area (Å²) < 4.78 is 12.7. The molecule has 0 fully saturated rings. The van der Waals surface area contributed by atoms with Gasteiger partial charge in [0.1, 0.15) is 11.6 Å². The number of amides is 1. The van der Waals surface area contributed by atoms with Crippen LogP contribution in [0, 0.1) is 5.82 Å². The molecule has 0 saturated carbocycles. The van der Waals surface area contributed by atoms with Crippen molar-refractivity contribution in [2.45, 2.75) is 19.8 Å². The lowest BCUT2D eigenvalue weighted by Crippen LogP contribution is -2.26. The van der Waals surface area contributed by atoms with Gasteiger partial charge >= 0.3 is 0 Å². The minimum absolute atomic E-state index is 0.199. The lowest BCUT2D eigenvalue weighted by molar-refractivity contribution is 0.0953. The molecule has 0 aliphatic rings. The fraction of sp³-hybridized carbons (Fsp3) is 0.267. The van der Waals surface area contributed by atoms with Crippen LogP contribution in [0.5, 0.6) is 0 Å². The van der Waals surface area contributed by atoms with Gasteiger partial charge in [-0.1, -0.05) is 19.1 Å². The van der Waals surface area contributed by atoms with Crippen LogP contribution in [0.1, 0.15) is 28.7 Å². The number of carbonyl (C=O) groups is 1. The smallest absolute Gasteiger partial charge is 0.254 e. The Labute approximate surface area is 117 Å². The minimum atomic E-state index is -0.258. The molecule has 4 nitrogen and oxygen atoms in total. The van der Waals surface area contributed by atoms with Gasteiger partial charge in [-0.3, -0.25) is 4.79 Å². The molecule has 20 heavy (non-hydrogen) atoms. The number of halogens is 1. The second-order valence-electron chi connectivity index (χ2n) is 4.37. The summed E-state index contributed by atoms with van der Waals surface area (Å²) >= 11 is 0. The predicted octanol–water partition coefficient (Wildman–Crippen LogP) is 2.15. The maximum Gasteiger partial charge on any atom is 0.254 e. The topological polar surface area (TPSA) is 54.9 Å². The lowest BCUT2D eigenvalue weighted by atomic mass is 10.1. The minimum Gasteiger partial charge on any atom is -0.352 e. The molecule has 1 aromatic heterocycles. The number of rotatable bonds is 5. The van der Waals surface area contributed by atoms with Crippen molar-refractivity contribution < 1.29 is 9.18 Å². The Morgan fingerprint density at radius 3 is 2.45 bits per heavy atom. The molecule has 104 valence electrons. The van der Waals surface area contributed by atoms with Gasteiger partial charge in [0.25, 0.3) is 5.91 Å². The van der Waals surface area contributed by atoms with Gasteiger partial charge in [0.2, 0.25) is 0 Å². The largest absolute Gasteiger partial charge is 0.352 e. The third-order valence-corrected chi connectivity index (χ3v) is 2.90. The van der Waals surface area contributed by atoms with E-state index in [-0.39, 0.29) is 11.7 Å².